The summed E-state index contributed by atoms with van der Waals surface area (Å²) in [6, 6.07) is 4.65. The van der Waals surface area contributed by atoms with Crippen LogP contribution in [0.5, 0.6) is 0 Å². The number of hydrogen-bond acceptors (Lipinski definition) is 4. The number of carboxylic acid groups (broad SMARTS) is 1. The van der Waals surface area contributed by atoms with Gasteiger partial charge < -0.3 is 15.2 Å². The van der Waals surface area contributed by atoms with E-state index in [1.54, 1.807) is 12.1 Å². The van der Waals surface area contributed by atoms with Crippen LogP contribution in [0.25, 0.3) is 10.1 Å². The SMILES string of the molecule is COCc1c(C(=O)NCCC(=O)O)sc2cccc(F)c12. The second-order valence-electron chi connectivity index (χ2n) is 4.36. The molecule has 7 heteroatoms. The Bertz CT molecular complexity index is 683. The standard InChI is InChI=1S/C14H14FNO4S/c1-20-7-8-12-9(15)3-2-4-10(12)21-13(8)14(19)16-6-5-11(17)18/h2-4H,5-7H2,1H3,(H,16,19)(H,17,18). The van der Waals surface area contributed by atoms with Crippen LogP contribution in [-0.4, -0.2) is 30.6 Å². The molecular formula is C14H14FNO4S. The van der Waals surface area contributed by atoms with Crippen molar-refractivity contribution in [3.05, 3.63) is 34.5 Å². The van der Waals surface area contributed by atoms with Crippen molar-refractivity contribution >= 4 is 33.3 Å². The smallest absolute Gasteiger partial charge is 0.305 e. The van der Waals surface area contributed by atoms with E-state index >= 15 is 0 Å². The molecule has 1 amide bonds. The van der Waals surface area contributed by atoms with Crippen LogP contribution in [0.1, 0.15) is 21.7 Å². The summed E-state index contributed by atoms with van der Waals surface area (Å²) in [5.41, 5.74) is 0.489. The second-order valence-corrected chi connectivity index (χ2v) is 5.41. The minimum absolute atomic E-state index is 0.0251. The lowest BCUT2D eigenvalue weighted by molar-refractivity contribution is -0.136. The minimum atomic E-state index is -0.991. The average Bonchev–Trinajstić information content (AvgIpc) is 2.79. The Balaban J connectivity index is 2.34. The maximum atomic E-state index is 13.9. The number of amides is 1. The second kappa shape index (κ2) is 6.64. The number of nitrogens with one attached hydrogen (secondary N) is 1. The van der Waals surface area contributed by atoms with Gasteiger partial charge >= 0.3 is 5.97 Å². The summed E-state index contributed by atoms with van der Waals surface area (Å²) in [4.78, 5) is 22.9. The molecule has 0 aliphatic rings. The molecule has 0 spiro atoms. The fourth-order valence-electron chi connectivity index (χ4n) is 2.00. The fourth-order valence-corrected chi connectivity index (χ4v) is 3.13. The molecule has 2 N–H and O–H groups in total. The van der Waals surface area contributed by atoms with Gasteiger partial charge in [-0.05, 0) is 12.1 Å². The van der Waals surface area contributed by atoms with E-state index in [4.69, 9.17) is 9.84 Å². The number of benzene rings is 1. The molecule has 0 unspecified atom stereocenters. The Kier molecular flexibility index (Phi) is 4.87. The molecule has 0 radical (unpaired) electrons. The Hall–Kier alpha value is -1.99. The molecule has 5 nitrogen and oxygen atoms in total. The lowest BCUT2D eigenvalue weighted by Crippen LogP contribution is -2.26. The first kappa shape index (κ1) is 15.4. The fraction of sp³-hybridized carbons (Fsp3) is 0.286. The first-order chi connectivity index (χ1) is 10.0. The third-order valence-corrected chi connectivity index (χ3v) is 4.08. The van der Waals surface area contributed by atoms with Gasteiger partial charge in [0.25, 0.3) is 5.91 Å². The van der Waals surface area contributed by atoms with Crippen LogP contribution in [-0.2, 0) is 16.1 Å². The third-order valence-electron chi connectivity index (χ3n) is 2.88. The van der Waals surface area contributed by atoms with Crippen LogP contribution in [0.2, 0.25) is 0 Å². The van der Waals surface area contributed by atoms with E-state index in [1.807, 2.05) is 0 Å². The number of thiophene rings is 1. The van der Waals surface area contributed by atoms with Gasteiger partial charge in [0, 0.05) is 29.3 Å². The molecule has 0 aliphatic heterocycles. The molecule has 0 aliphatic carbocycles. The zero-order chi connectivity index (χ0) is 15.4. The number of halogens is 1. The molecule has 0 atom stereocenters. The summed E-state index contributed by atoms with van der Waals surface area (Å²) < 4.78 is 19.7. The van der Waals surface area contributed by atoms with E-state index in [-0.39, 0.29) is 19.6 Å². The van der Waals surface area contributed by atoms with E-state index < -0.39 is 17.7 Å². The van der Waals surface area contributed by atoms with Gasteiger partial charge in [-0.2, -0.15) is 0 Å². The molecule has 2 rings (SSSR count). The number of carbonyl (C=O) groups excluding carboxylic acids is 1. The lowest BCUT2D eigenvalue weighted by atomic mass is 10.1. The Morgan fingerprint density at radius 1 is 1.43 bits per heavy atom. The average molecular weight is 311 g/mol. The highest BCUT2D eigenvalue weighted by molar-refractivity contribution is 7.21. The van der Waals surface area contributed by atoms with Crippen molar-refractivity contribution in [2.45, 2.75) is 13.0 Å². The van der Waals surface area contributed by atoms with Crippen LogP contribution >= 0.6 is 11.3 Å². The molecule has 0 saturated carbocycles. The maximum Gasteiger partial charge on any atom is 0.305 e. The van der Waals surface area contributed by atoms with Crippen molar-refractivity contribution in [1.29, 1.82) is 0 Å². The van der Waals surface area contributed by atoms with E-state index in [1.165, 1.54) is 24.5 Å². The third kappa shape index (κ3) is 3.37. The molecule has 1 aromatic heterocycles. The van der Waals surface area contributed by atoms with E-state index in [0.717, 1.165) is 0 Å². The number of aliphatic carboxylic acids is 1. The molecule has 0 saturated heterocycles. The summed E-state index contributed by atoms with van der Waals surface area (Å²) in [6.45, 7) is 0.139. The van der Waals surface area contributed by atoms with E-state index in [2.05, 4.69) is 5.32 Å². The topological polar surface area (TPSA) is 75.6 Å². The molecule has 2 aromatic rings. The van der Waals surface area contributed by atoms with E-state index in [9.17, 15) is 14.0 Å². The van der Waals surface area contributed by atoms with Gasteiger partial charge in [0.05, 0.1) is 17.9 Å². The molecular weight excluding hydrogens is 297 g/mol. The molecule has 112 valence electrons. The van der Waals surface area contributed by atoms with Crippen molar-refractivity contribution < 1.29 is 23.8 Å². The molecule has 1 heterocycles. The van der Waals surface area contributed by atoms with Gasteiger partial charge in [0.2, 0.25) is 0 Å². The molecule has 1 aromatic carbocycles. The number of rotatable bonds is 6. The van der Waals surface area contributed by atoms with Crippen LogP contribution in [0.4, 0.5) is 4.39 Å². The number of carboxylic acids is 1. The van der Waals surface area contributed by atoms with Crippen molar-refractivity contribution in [1.82, 2.24) is 5.32 Å². The minimum Gasteiger partial charge on any atom is -0.481 e. The summed E-state index contributed by atoms with van der Waals surface area (Å²) in [5, 5.41) is 11.5. The van der Waals surface area contributed by atoms with Gasteiger partial charge in [-0.3, -0.25) is 9.59 Å². The zero-order valence-electron chi connectivity index (χ0n) is 11.3. The quantitative estimate of drug-likeness (QED) is 0.859. The van der Waals surface area contributed by atoms with Crippen LogP contribution in [0.3, 0.4) is 0 Å². The summed E-state index contributed by atoms with van der Waals surface area (Å²) >= 11 is 1.17. The highest BCUT2D eigenvalue weighted by Crippen LogP contribution is 2.33. The predicted octanol–water partition coefficient (Wildman–Crippen LogP) is 2.39. The monoisotopic (exact) mass is 311 g/mol. The van der Waals surface area contributed by atoms with Crippen LogP contribution in [0.15, 0.2) is 18.2 Å². The molecule has 0 fully saturated rings. The van der Waals surface area contributed by atoms with Crippen LogP contribution < -0.4 is 5.32 Å². The highest BCUT2D eigenvalue weighted by Gasteiger charge is 2.20. The van der Waals surface area contributed by atoms with E-state index in [0.29, 0.717) is 20.5 Å². The number of carbonyl (C=O) groups is 2. The Labute approximate surface area is 124 Å². The first-order valence-electron chi connectivity index (χ1n) is 6.23. The van der Waals surface area contributed by atoms with Gasteiger partial charge in [-0.25, -0.2) is 4.39 Å². The predicted molar refractivity (Wildman–Crippen MR) is 77.1 cm³/mol. The summed E-state index contributed by atoms with van der Waals surface area (Å²) in [5.74, 6) is -1.81. The van der Waals surface area contributed by atoms with Gasteiger partial charge in [-0.1, -0.05) is 6.07 Å². The lowest BCUT2D eigenvalue weighted by Gasteiger charge is -2.05. The maximum absolute atomic E-state index is 13.9. The van der Waals surface area contributed by atoms with Crippen molar-refractivity contribution in [2.24, 2.45) is 0 Å². The van der Waals surface area contributed by atoms with Crippen molar-refractivity contribution in [3.63, 3.8) is 0 Å². The highest BCUT2D eigenvalue weighted by atomic mass is 32.1. The molecule has 21 heavy (non-hydrogen) atoms. The summed E-state index contributed by atoms with van der Waals surface area (Å²) in [6.07, 6.45) is -0.162. The summed E-state index contributed by atoms with van der Waals surface area (Å²) in [7, 11) is 1.47. The largest absolute Gasteiger partial charge is 0.481 e. The zero-order valence-corrected chi connectivity index (χ0v) is 12.1. The number of methoxy groups -OCH3 is 1. The van der Waals surface area contributed by atoms with Crippen molar-refractivity contribution in [2.75, 3.05) is 13.7 Å². The van der Waals surface area contributed by atoms with Gasteiger partial charge in [0.15, 0.2) is 0 Å². The Morgan fingerprint density at radius 2 is 2.19 bits per heavy atom. The number of ether oxygens (including phenoxy) is 1. The normalized spacial score (nSPS) is 10.8. The number of fused-ring (bicyclic) bond motifs is 1. The molecule has 0 bridgehead atoms. The van der Waals surface area contributed by atoms with Gasteiger partial charge in [-0.15, -0.1) is 11.3 Å². The number of hydrogen-bond donors (Lipinski definition) is 2. The van der Waals surface area contributed by atoms with Crippen LogP contribution in [0, 0.1) is 5.82 Å². The van der Waals surface area contributed by atoms with Gasteiger partial charge in [0.1, 0.15) is 5.82 Å². The first-order valence-corrected chi connectivity index (χ1v) is 7.05. The Morgan fingerprint density at radius 3 is 2.86 bits per heavy atom. The van der Waals surface area contributed by atoms with Crippen molar-refractivity contribution in [3.8, 4) is 0 Å².